The van der Waals surface area contributed by atoms with Gasteiger partial charge in [-0.2, -0.15) is 5.10 Å². The van der Waals surface area contributed by atoms with Crippen molar-refractivity contribution in [3.05, 3.63) is 45.0 Å². The lowest BCUT2D eigenvalue weighted by molar-refractivity contribution is 0.107. The van der Waals surface area contributed by atoms with Gasteiger partial charge in [0.05, 0.1) is 37.7 Å². The highest BCUT2D eigenvalue weighted by Crippen LogP contribution is 2.25. The molecule has 0 radical (unpaired) electrons. The summed E-state index contributed by atoms with van der Waals surface area (Å²) in [6.07, 6.45) is 7.47. The van der Waals surface area contributed by atoms with E-state index in [4.69, 9.17) is 14.1 Å². The predicted octanol–water partition coefficient (Wildman–Crippen LogP) is 1.85. The summed E-state index contributed by atoms with van der Waals surface area (Å²) >= 11 is 0. The third-order valence-corrected chi connectivity index (χ3v) is 6.02. The molecule has 1 atom stereocenters. The van der Waals surface area contributed by atoms with E-state index in [-0.39, 0.29) is 5.56 Å². The lowest BCUT2D eigenvalue weighted by Crippen LogP contribution is -2.37. The van der Waals surface area contributed by atoms with Gasteiger partial charge in [0, 0.05) is 30.5 Å². The zero-order valence-corrected chi connectivity index (χ0v) is 15.7. The molecule has 5 rings (SSSR count). The fraction of sp³-hybridized carbons (Fsp3) is 0.650. The third-order valence-electron chi connectivity index (χ3n) is 6.02. The van der Waals surface area contributed by atoms with Crippen LogP contribution in [-0.2, 0) is 43.7 Å². The van der Waals surface area contributed by atoms with Crippen molar-refractivity contribution in [1.82, 2.24) is 19.7 Å². The lowest BCUT2D eigenvalue weighted by Gasteiger charge is -2.24. The Morgan fingerprint density at radius 2 is 2.07 bits per heavy atom. The fourth-order valence-corrected chi connectivity index (χ4v) is 4.54. The molecule has 4 heterocycles. The summed E-state index contributed by atoms with van der Waals surface area (Å²) in [7, 11) is 0. The van der Waals surface area contributed by atoms with Crippen molar-refractivity contribution in [1.29, 1.82) is 0 Å². The summed E-state index contributed by atoms with van der Waals surface area (Å²) in [4.78, 5) is 19.6. The zero-order chi connectivity index (χ0) is 18.2. The van der Waals surface area contributed by atoms with Gasteiger partial charge < -0.3 is 9.15 Å². The normalized spacial score (nSPS) is 22.6. The first kappa shape index (κ1) is 17.1. The summed E-state index contributed by atoms with van der Waals surface area (Å²) in [5.74, 6) is 1.92. The van der Waals surface area contributed by atoms with E-state index in [1.54, 1.807) is 10.7 Å². The predicted molar refractivity (Wildman–Crippen MR) is 98.4 cm³/mol. The van der Waals surface area contributed by atoms with Gasteiger partial charge in [-0.3, -0.25) is 9.69 Å². The first-order valence-electron chi connectivity index (χ1n) is 10.2. The molecule has 2 aromatic heterocycles. The summed E-state index contributed by atoms with van der Waals surface area (Å²) < 4.78 is 13.1. The molecule has 3 aliphatic rings. The van der Waals surface area contributed by atoms with Gasteiger partial charge in [0.25, 0.3) is 5.56 Å². The standard InChI is InChI=1S/C20H26N4O3/c25-20-10-14-13-26-9-7-16(14)22-24(20)11-15-4-3-8-23(15)12-19-21-17-5-1-2-6-18(17)27-19/h10,15H,1-9,11-13H2. The van der Waals surface area contributed by atoms with E-state index in [9.17, 15) is 4.79 Å². The van der Waals surface area contributed by atoms with Crippen molar-refractivity contribution in [2.45, 2.75) is 70.7 Å². The molecule has 0 N–H and O–H groups in total. The highest BCUT2D eigenvalue weighted by molar-refractivity contribution is 5.19. The van der Waals surface area contributed by atoms with Gasteiger partial charge in [-0.05, 0) is 38.6 Å². The number of aromatic nitrogens is 3. The van der Waals surface area contributed by atoms with Gasteiger partial charge in [0.2, 0.25) is 5.89 Å². The molecule has 144 valence electrons. The highest BCUT2D eigenvalue weighted by atomic mass is 16.5. The number of hydrogen-bond acceptors (Lipinski definition) is 6. The van der Waals surface area contributed by atoms with Crippen molar-refractivity contribution < 1.29 is 9.15 Å². The summed E-state index contributed by atoms with van der Waals surface area (Å²) in [6, 6.07) is 2.00. The lowest BCUT2D eigenvalue weighted by atomic mass is 10.0. The van der Waals surface area contributed by atoms with Crippen molar-refractivity contribution in [2.75, 3.05) is 13.2 Å². The summed E-state index contributed by atoms with van der Waals surface area (Å²) in [5.41, 5.74) is 3.07. The van der Waals surface area contributed by atoms with E-state index in [1.807, 2.05) is 0 Å². The molecular weight excluding hydrogens is 344 g/mol. The van der Waals surface area contributed by atoms with Gasteiger partial charge in [-0.25, -0.2) is 9.67 Å². The maximum absolute atomic E-state index is 12.5. The van der Waals surface area contributed by atoms with Crippen LogP contribution >= 0.6 is 0 Å². The zero-order valence-electron chi connectivity index (χ0n) is 15.7. The summed E-state index contributed by atoms with van der Waals surface area (Å²) in [6.45, 7) is 3.56. The molecule has 1 aliphatic carbocycles. The molecule has 1 unspecified atom stereocenters. The van der Waals surface area contributed by atoms with Crippen molar-refractivity contribution >= 4 is 0 Å². The van der Waals surface area contributed by atoms with E-state index in [0.29, 0.717) is 25.8 Å². The molecule has 0 saturated carbocycles. The second-order valence-electron chi connectivity index (χ2n) is 7.89. The number of likely N-dealkylation sites (tertiary alicyclic amines) is 1. The number of aryl methyl sites for hydroxylation is 2. The van der Waals surface area contributed by atoms with Crippen LogP contribution in [0.15, 0.2) is 15.3 Å². The monoisotopic (exact) mass is 370 g/mol. The van der Waals surface area contributed by atoms with Crippen molar-refractivity contribution in [3.63, 3.8) is 0 Å². The van der Waals surface area contributed by atoms with Crippen LogP contribution in [0.2, 0.25) is 0 Å². The van der Waals surface area contributed by atoms with Crippen LogP contribution in [0.3, 0.4) is 0 Å². The van der Waals surface area contributed by atoms with E-state index < -0.39 is 0 Å². The third kappa shape index (κ3) is 3.46. The fourth-order valence-electron chi connectivity index (χ4n) is 4.54. The van der Waals surface area contributed by atoms with Gasteiger partial charge in [0.1, 0.15) is 5.76 Å². The van der Waals surface area contributed by atoms with Crippen LogP contribution in [0.25, 0.3) is 0 Å². The quantitative estimate of drug-likeness (QED) is 0.818. The van der Waals surface area contributed by atoms with Gasteiger partial charge >= 0.3 is 0 Å². The average Bonchev–Trinajstić information content (AvgIpc) is 3.29. The molecule has 2 aliphatic heterocycles. The Labute approximate surface area is 158 Å². The number of oxazole rings is 1. The Morgan fingerprint density at radius 3 is 3.00 bits per heavy atom. The molecule has 2 aromatic rings. The van der Waals surface area contributed by atoms with Crippen molar-refractivity contribution in [2.24, 2.45) is 0 Å². The maximum atomic E-state index is 12.5. The summed E-state index contributed by atoms with van der Waals surface area (Å²) in [5, 5.41) is 4.63. The molecule has 1 saturated heterocycles. The largest absolute Gasteiger partial charge is 0.444 e. The SMILES string of the molecule is O=c1cc2c(nn1CC1CCCN1Cc1nc3c(o1)CCCC3)CCOC2. The van der Waals surface area contributed by atoms with Gasteiger partial charge in [0.15, 0.2) is 0 Å². The van der Waals surface area contributed by atoms with Crippen LogP contribution in [0.4, 0.5) is 0 Å². The van der Waals surface area contributed by atoms with Crippen LogP contribution in [0.1, 0.15) is 54.3 Å². The molecule has 27 heavy (non-hydrogen) atoms. The minimum atomic E-state index is -0.0299. The highest BCUT2D eigenvalue weighted by Gasteiger charge is 2.28. The van der Waals surface area contributed by atoms with Crippen LogP contribution in [-0.4, -0.2) is 38.9 Å². The first-order chi connectivity index (χ1) is 13.3. The van der Waals surface area contributed by atoms with Crippen LogP contribution < -0.4 is 5.56 Å². The Hall–Kier alpha value is -1.99. The average molecular weight is 370 g/mol. The van der Waals surface area contributed by atoms with Gasteiger partial charge in [-0.15, -0.1) is 0 Å². The molecule has 1 fully saturated rings. The Balaban J connectivity index is 1.31. The van der Waals surface area contributed by atoms with E-state index >= 15 is 0 Å². The Kier molecular flexibility index (Phi) is 4.57. The second kappa shape index (κ2) is 7.20. The topological polar surface area (TPSA) is 73.4 Å². The van der Waals surface area contributed by atoms with Crippen LogP contribution in [0, 0.1) is 0 Å². The number of rotatable bonds is 4. The first-order valence-corrected chi connectivity index (χ1v) is 10.2. The van der Waals surface area contributed by atoms with Crippen molar-refractivity contribution in [3.8, 4) is 0 Å². The molecule has 0 amide bonds. The van der Waals surface area contributed by atoms with E-state index in [0.717, 1.165) is 73.8 Å². The molecule has 7 nitrogen and oxygen atoms in total. The minimum Gasteiger partial charge on any atom is -0.444 e. The van der Waals surface area contributed by atoms with E-state index in [1.165, 1.54) is 12.8 Å². The number of hydrogen-bond donors (Lipinski definition) is 0. The van der Waals surface area contributed by atoms with E-state index in [2.05, 4.69) is 10.00 Å². The Morgan fingerprint density at radius 1 is 1.15 bits per heavy atom. The number of nitrogens with zero attached hydrogens (tertiary/aromatic N) is 4. The molecule has 0 bridgehead atoms. The second-order valence-corrected chi connectivity index (χ2v) is 7.89. The molecule has 7 heteroatoms. The van der Waals surface area contributed by atoms with Crippen LogP contribution in [0.5, 0.6) is 0 Å². The van der Waals surface area contributed by atoms with Gasteiger partial charge in [-0.1, -0.05) is 0 Å². The number of fused-ring (bicyclic) bond motifs is 2. The molecular formula is C20H26N4O3. The maximum Gasteiger partial charge on any atom is 0.267 e. The smallest absolute Gasteiger partial charge is 0.267 e. The molecule has 0 spiro atoms. The Bertz CT molecular complexity index is 864. The molecule has 0 aromatic carbocycles. The number of ether oxygens (including phenoxy) is 1. The minimum absolute atomic E-state index is 0.0299.